The van der Waals surface area contributed by atoms with Crippen LogP contribution in [0.5, 0.6) is 0 Å². The lowest BCUT2D eigenvalue weighted by atomic mass is 9.91. The molecule has 2 N–H and O–H groups in total. The van der Waals surface area contributed by atoms with Gasteiger partial charge in [-0.1, -0.05) is 19.9 Å². The molecule has 0 bridgehead atoms. The molecule has 0 unspecified atom stereocenters. The largest absolute Gasteiger partial charge is 0.353 e. The lowest BCUT2D eigenvalue weighted by molar-refractivity contribution is -0.124. The van der Waals surface area contributed by atoms with Crippen LogP contribution in [-0.2, 0) is 4.79 Å². The van der Waals surface area contributed by atoms with E-state index in [1.165, 1.54) is 6.07 Å². The van der Waals surface area contributed by atoms with Crippen LogP contribution in [0.25, 0.3) is 0 Å². The van der Waals surface area contributed by atoms with Crippen LogP contribution < -0.4 is 10.6 Å². The Labute approximate surface area is 120 Å². The molecule has 1 aliphatic rings. The van der Waals surface area contributed by atoms with Gasteiger partial charge in [-0.15, -0.1) is 0 Å². The summed E-state index contributed by atoms with van der Waals surface area (Å²) in [5, 5.41) is 6.55. The first-order chi connectivity index (χ1) is 9.47. The molecule has 1 aromatic carbocycles. The van der Waals surface area contributed by atoms with Gasteiger partial charge < -0.3 is 10.6 Å². The molecule has 4 heteroatoms. The van der Waals surface area contributed by atoms with Crippen LogP contribution in [0.2, 0.25) is 0 Å². The number of carbonyl (C=O) groups excluding carboxylic acids is 1. The van der Waals surface area contributed by atoms with Crippen molar-refractivity contribution in [2.75, 3.05) is 6.54 Å². The van der Waals surface area contributed by atoms with Gasteiger partial charge in [0.2, 0.25) is 5.91 Å². The first-order valence-electron chi connectivity index (χ1n) is 7.27. The second-order valence-electron chi connectivity index (χ2n) is 5.89. The lowest BCUT2D eigenvalue weighted by Gasteiger charge is -2.32. The molecule has 1 aromatic rings. The number of rotatable bonds is 3. The Morgan fingerprint density at radius 1 is 1.45 bits per heavy atom. The van der Waals surface area contributed by atoms with E-state index in [4.69, 9.17) is 0 Å². The lowest BCUT2D eigenvalue weighted by Crippen LogP contribution is -2.45. The summed E-state index contributed by atoms with van der Waals surface area (Å²) in [7, 11) is 0. The molecular weight excluding hydrogens is 255 g/mol. The van der Waals surface area contributed by atoms with Crippen molar-refractivity contribution in [3.63, 3.8) is 0 Å². The van der Waals surface area contributed by atoms with Crippen LogP contribution in [0.4, 0.5) is 4.39 Å². The Morgan fingerprint density at radius 3 is 2.85 bits per heavy atom. The molecule has 1 fully saturated rings. The molecule has 1 heterocycles. The number of amides is 1. The van der Waals surface area contributed by atoms with Crippen molar-refractivity contribution in [1.29, 1.82) is 0 Å². The Kier molecular flexibility index (Phi) is 4.76. The maximum atomic E-state index is 13.2. The predicted molar refractivity (Wildman–Crippen MR) is 77.9 cm³/mol. The van der Waals surface area contributed by atoms with E-state index in [1.54, 1.807) is 6.07 Å². The van der Waals surface area contributed by atoms with Crippen molar-refractivity contribution >= 4 is 5.91 Å². The average Bonchev–Trinajstić information content (AvgIpc) is 2.38. The van der Waals surface area contributed by atoms with Gasteiger partial charge in [0, 0.05) is 18.0 Å². The summed E-state index contributed by atoms with van der Waals surface area (Å²) >= 11 is 0. The van der Waals surface area contributed by atoms with E-state index in [1.807, 2.05) is 26.8 Å². The topological polar surface area (TPSA) is 41.1 Å². The average molecular weight is 278 g/mol. The molecule has 1 saturated heterocycles. The second kappa shape index (κ2) is 6.35. The van der Waals surface area contributed by atoms with Gasteiger partial charge in [-0.3, -0.25) is 4.79 Å². The van der Waals surface area contributed by atoms with Crippen LogP contribution in [0.15, 0.2) is 18.2 Å². The SMILES string of the molecule is Cc1cc(F)ccc1[C@H]1C[C@@H](NC(=O)C(C)C)CCN1. The molecule has 1 aliphatic heterocycles. The highest BCUT2D eigenvalue weighted by Gasteiger charge is 2.25. The van der Waals surface area contributed by atoms with Gasteiger partial charge in [0.15, 0.2) is 0 Å². The monoisotopic (exact) mass is 278 g/mol. The fraction of sp³-hybridized carbons (Fsp3) is 0.562. The first kappa shape index (κ1) is 15.0. The van der Waals surface area contributed by atoms with Crippen molar-refractivity contribution in [2.45, 2.75) is 45.7 Å². The summed E-state index contributed by atoms with van der Waals surface area (Å²) in [6.07, 6.45) is 1.79. The summed E-state index contributed by atoms with van der Waals surface area (Å²) in [6, 6.07) is 5.28. The summed E-state index contributed by atoms with van der Waals surface area (Å²) in [4.78, 5) is 11.8. The zero-order chi connectivity index (χ0) is 14.7. The number of hydrogen-bond acceptors (Lipinski definition) is 2. The molecule has 0 spiro atoms. The van der Waals surface area contributed by atoms with E-state index in [-0.39, 0.29) is 29.7 Å². The number of halogens is 1. The normalized spacial score (nSPS) is 22.9. The number of nitrogens with one attached hydrogen (secondary N) is 2. The Bertz CT molecular complexity index is 487. The van der Waals surface area contributed by atoms with E-state index in [0.29, 0.717) is 0 Å². The van der Waals surface area contributed by atoms with E-state index in [0.717, 1.165) is 30.5 Å². The van der Waals surface area contributed by atoms with Gasteiger partial charge in [0.1, 0.15) is 5.82 Å². The van der Waals surface area contributed by atoms with Gasteiger partial charge in [-0.25, -0.2) is 4.39 Å². The van der Waals surface area contributed by atoms with Crippen molar-refractivity contribution in [3.8, 4) is 0 Å². The molecule has 0 aromatic heterocycles. The molecule has 110 valence electrons. The standard InChI is InChI=1S/C16H23FN2O/c1-10(2)16(20)19-13-6-7-18-15(9-13)14-5-4-12(17)8-11(14)3/h4-5,8,10,13,15,18H,6-7,9H2,1-3H3,(H,19,20)/t13-,15+/m0/s1. The van der Waals surface area contributed by atoms with E-state index >= 15 is 0 Å². The predicted octanol–water partition coefficient (Wildman–Crippen LogP) is 2.70. The Morgan fingerprint density at radius 2 is 2.20 bits per heavy atom. The minimum absolute atomic E-state index is 0.0101. The molecular formula is C16H23FN2O. The number of benzene rings is 1. The Hall–Kier alpha value is -1.42. The molecule has 0 aliphatic carbocycles. The number of piperidine rings is 1. The second-order valence-corrected chi connectivity index (χ2v) is 5.89. The van der Waals surface area contributed by atoms with Crippen LogP contribution in [0, 0.1) is 18.7 Å². The van der Waals surface area contributed by atoms with Crippen LogP contribution in [0.3, 0.4) is 0 Å². The van der Waals surface area contributed by atoms with Gasteiger partial charge >= 0.3 is 0 Å². The maximum absolute atomic E-state index is 13.2. The fourth-order valence-corrected chi connectivity index (χ4v) is 2.68. The highest BCUT2D eigenvalue weighted by Crippen LogP contribution is 2.26. The third-order valence-electron chi connectivity index (χ3n) is 3.88. The van der Waals surface area contributed by atoms with Crippen molar-refractivity contribution < 1.29 is 9.18 Å². The number of carbonyl (C=O) groups is 1. The van der Waals surface area contributed by atoms with Crippen LogP contribution in [0.1, 0.15) is 43.9 Å². The molecule has 2 rings (SSSR count). The van der Waals surface area contributed by atoms with E-state index in [9.17, 15) is 9.18 Å². The van der Waals surface area contributed by atoms with Crippen molar-refractivity contribution in [1.82, 2.24) is 10.6 Å². The molecule has 0 radical (unpaired) electrons. The van der Waals surface area contributed by atoms with Gasteiger partial charge in [-0.05, 0) is 49.6 Å². The van der Waals surface area contributed by atoms with E-state index in [2.05, 4.69) is 10.6 Å². The number of aryl methyl sites for hydroxylation is 1. The maximum Gasteiger partial charge on any atom is 0.222 e. The van der Waals surface area contributed by atoms with Gasteiger partial charge in [0.05, 0.1) is 0 Å². The third-order valence-corrected chi connectivity index (χ3v) is 3.88. The molecule has 0 saturated carbocycles. The zero-order valence-corrected chi connectivity index (χ0v) is 12.4. The van der Waals surface area contributed by atoms with Crippen molar-refractivity contribution in [3.05, 3.63) is 35.1 Å². The van der Waals surface area contributed by atoms with Gasteiger partial charge in [-0.2, -0.15) is 0 Å². The molecule has 1 amide bonds. The summed E-state index contributed by atoms with van der Waals surface area (Å²) in [5.41, 5.74) is 2.08. The van der Waals surface area contributed by atoms with Gasteiger partial charge in [0.25, 0.3) is 0 Å². The molecule has 2 atom stereocenters. The van der Waals surface area contributed by atoms with Crippen LogP contribution >= 0.6 is 0 Å². The zero-order valence-electron chi connectivity index (χ0n) is 12.4. The molecule has 20 heavy (non-hydrogen) atoms. The molecule has 3 nitrogen and oxygen atoms in total. The summed E-state index contributed by atoms with van der Waals surface area (Å²) in [5.74, 6) is -0.0888. The Balaban J connectivity index is 2.05. The highest BCUT2D eigenvalue weighted by molar-refractivity contribution is 5.78. The van der Waals surface area contributed by atoms with Crippen molar-refractivity contribution in [2.24, 2.45) is 5.92 Å². The highest BCUT2D eigenvalue weighted by atomic mass is 19.1. The quantitative estimate of drug-likeness (QED) is 0.892. The minimum Gasteiger partial charge on any atom is -0.353 e. The fourth-order valence-electron chi connectivity index (χ4n) is 2.68. The number of hydrogen-bond donors (Lipinski definition) is 2. The first-order valence-corrected chi connectivity index (χ1v) is 7.27. The summed E-state index contributed by atoms with van der Waals surface area (Å²) in [6.45, 7) is 6.59. The van der Waals surface area contributed by atoms with Crippen LogP contribution in [-0.4, -0.2) is 18.5 Å². The summed E-state index contributed by atoms with van der Waals surface area (Å²) < 4.78 is 13.2. The third kappa shape index (κ3) is 3.57. The minimum atomic E-state index is -0.202. The van der Waals surface area contributed by atoms with E-state index < -0.39 is 0 Å². The smallest absolute Gasteiger partial charge is 0.222 e.